The Labute approximate surface area is 197 Å². The van der Waals surface area contributed by atoms with Crippen LogP contribution in [-0.4, -0.2) is 17.7 Å². The van der Waals surface area contributed by atoms with Crippen LogP contribution in [0, 0.1) is 13.8 Å². The number of benzene rings is 4. The molecular weight excluding hydrogens is 424 g/mol. The van der Waals surface area contributed by atoms with Gasteiger partial charge in [-0.05, 0) is 60.9 Å². The number of hydrogen-bond acceptors (Lipinski definition) is 3. The van der Waals surface area contributed by atoms with Crippen molar-refractivity contribution in [3.63, 3.8) is 0 Å². The van der Waals surface area contributed by atoms with Gasteiger partial charge in [0, 0.05) is 16.8 Å². The zero-order valence-corrected chi connectivity index (χ0v) is 18.8. The summed E-state index contributed by atoms with van der Waals surface area (Å²) < 4.78 is 0. The molecule has 1 heterocycles. The highest BCUT2D eigenvalue weighted by molar-refractivity contribution is 6.35. The zero-order chi connectivity index (χ0) is 23.8. The molecule has 0 fully saturated rings. The molecule has 34 heavy (non-hydrogen) atoms. The molecule has 5 nitrogen and oxygen atoms in total. The van der Waals surface area contributed by atoms with E-state index in [0.29, 0.717) is 22.5 Å². The summed E-state index contributed by atoms with van der Waals surface area (Å²) in [6, 6.07) is 27.6. The van der Waals surface area contributed by atoms with Gasteiger partial charge in [-0.2, -0.15) is 0 Å². The third-order valence-corrected chi connectivity index (χ3v) is 6.01. The monoisotopic (exact) mass is 446 g/mol. The number of imide groups is 1. The molecule has 0 aromatic heterocycles. The van der Waals surface area contributed by atoms with Crippen molar-refractivity contribution in [2.24, 2.45) is 0 Å². The Balaban J connectivity index is 1.46. The molecule has 0 unspecified atom stereocenters. The van der Waals surface area contributed by atoms with E-state index in [9.17, 15) is 14.4 Å². The molecule has 0 atom stereocenters. The van der Waals surface area contributed by atoms with Crippen LogP contribution in [-0.2, 0) is 0 Å². The molecule has 0 saturated heterocycles. The molecule has 0 aliphatic carbocycles. The fourth-order valence-electron chi connectivity index (χ4n) is 4.22. The number of hydrogen-bond donors (Lipinski definition) is 1. The van der Waals surface area contributed by atoms with Crippen molar-refractivity contribution in [3.8, 4) is 11.1 Å². The van der Waals surface area contributed by atoms with E-state index in [-0.39, 0.29) is 17.4 Å². The number of fused-ring (bicyclic) bond motifs is 1. The van der Waals surface area contributed by atoms with Crippen LogP contribution in [0.15, 0.2) is 91.0 Å². The van der Waals surface area contributed by atoms with Gasteiger partial charge < -0.3 is 5.32 Å². The van der Waals surface area contributed by atoms with Crippen LogP contribution in [0.3, 0.4) is 0 Å². The molecule has 5 heteroatoms. The summed E-state index contributed by atoms with van der Waals surface area (Å²) in [6.07, 6.45) is 0. The van der Waals surface area contributed by atoms with Crippen LogP contribution in [0.5, 0.6) is 0 Å². The number of amides is 3. The highest BCUT2D eigenvalue weighted by Crippen LogP contribution is 2.32. The quantitative estimate of drug-likeness (QED) is 0.390. The highest BCUT2D eigenvalue weighted by Gasteiger charge is 2.37. The molecule has 1 N–H and O–H groups in total. The van der Waals surface area contributed by atoms with Gasteiger partial charge in [0.1, 0.15) is 0 Å². The van der Waals surface area contributed by atoms with E-state index in [4.69, 9.17) is 0 Å². The van der Waals surface area contributed by atoms with Crippen LogP contribution in [0.4, 0.5) is 11.4 Å². The second-order valence-corrected chi connectivity index (χ2v) is 8.36. The van der Waals surface area contributed by atoms with Crippen molar-refractivity contribution in [1.29, 1.82) is 0 Å². The third kappa shape index (κ3) is 3.67. The number of carbonyl (C=O) groups is 3. The van der Waals surface area contributed by atoms with Gasteiger partial charge in [0.05, 0.1) is 16.8 Å². The van der Waals surface area contributed by atoms with Gasteiger partial charge in [-0.15, -0.1) is 0 Å². The van der Waals surface area contributed by atoms with Crippen LogP contribution in [0.25, 0.3) is 11.1 Å². The topological polar surface area (TPSA) is 66.5 Å². The minimum atomic E-state index is -0.423. The number of rotatable bonds is 4. The van der Waals surface area contributed by atoms with Gasteiger partial charge in [-0.25, -0.2) is 4.90 Å². The van der Waals surface area contributed by atoms with E-state index in [0.717, 1.165) is 22.3 Å². The van der Waals surface area contributed by atoms with E-state index < -0.39 is 5.91 Å². The predicted molar refractivity (Wildman–Crippen MR) is 133 cm³/mol. The largest absolute Gasteiger partial charge is 0.321 e. The Morgan fingerprint density at radius 3 is 2.21 bits per heavy atom. The van der Waals surface area contributed by atoms with Crippen molar-refractivity contribution in [2.75, 3.05) is 10.2 Å². The lowest BCUT2D eigenvalue weighted by Crippen LogP contribution is -2.30. The average molecular weight is 447 g/mol. The Hall–Kier alpha value is -4.51. The van der Waals surface area contributed by atoms with Gasteiger partial charge in [0.25, 0.3) is 17.7 Å². The van der Waals surface area contributed by atoms with Crippen molar-refractivity contribution < 1.29 is 14.4 Å². The van der Waals surface area contributed by atoms with E-state index in [2.05, 4.69) is 5.32 Å². The molecule has 4 aromatic rings. The predicted octanol–water partition coefficient (Wildman–Crippen LogP) is 6.02. The summed E-state index contributed by atoms with van der Waals surface area (Å²) in [5.74, 6) is -1.15. The lowest BCUT2D eigenvalue weighted by molar-refractivity contribution is 0.0925. The van der Waals surface area contributed by atoms with Gasteiger partial charge in [0.2, 0.25) is 0 Å². The second-order valence-electron chi connectivity index (χ2n) is 8.36. The molecule has 0 spiro atoms. The smallest absolute Gasteiger partial charge is 0.266 e. The fourth-order valence-corrected chi connectivity index (χ4v) is 4.22. The molecule has 166 valence electrons. The van der Waals surface area contributed by atoms with Crippen LogP contribution in [0.1, 0.15) is 42.2 Å². The van der Waals surface area contributed by atoms with Gasteiger partial charge in [0.15, 0.2) is 0 Å². The van der Waals surface area contributed by atoms with E-state index in [1.54, 1.807) is 12.1 Å². The summed E-state index contributed by atoms with van der Waals surface area (Å²) >= 11 is 0. The van der Waals surface area contributed by atoms with Crippen molar-refractivity contribution in [2.45, 2.75) is 13.8 Å². The van der Waals surface area contributed by atoms with Gasteiger partial charge >= 0.3 is 0 Å². The molecule has 5 rings (SSSR count). The number of carbonyl (C=O) groups excluding carboxylic acids is 3. The maximum atomic E-state index is 13.2. The Morgan fingerprint density at radius 1 is 0.706 bits per heavy atom. The van der Waals surface area contributed by atoms with Crippen molar-refractivity contribution in [1.82, 2.24) is 0 Å². The first-order valence-electron chi connectivity index (χ1n) is 11.0. The Morgan fingerprint density at radius 2 is 1.41 bits per heavy atom. The van der Waals surface area contributed by atoms with Gasteiger partial charge in [-0.3, -0.25) is 14.4 Å². The zero-order valence-electron chi connectivity index (χ0n) is 18.8. The summed E-state index contributed by atoms with van der Waals surface area (Å²) in [4.78, 5) is 40.6. The lowest BCUT2D eigenvalue weighted by Gasteiger charge is -2.17. The number of para-hydroxylation sites is 1. The van der Waals surface area contributed by atoms with Crippen LogP contribution < -0.4 is 10.2 Å². The molecule has 4 aromatic carbocycles. The molecule has 0 radical (unpaired) electrons. The maximum absolute atomic E-state index is 13.2. The number of anilines is 2. The van der Waals surface area contributed by atoms with E-state index in [1.165, 1.54) is 11.0 Å². The number of nitrogens with one attached hydrogen (secondary N) is 1. The van der Waals surface area contributed by atoms with Crippen molar-refractivity contribution in [3.05, 3.63) is 119 Å². The SMILES string of the molecule is Cc1ccc(C)c(N2C(=O)c3ccc(C(=O)Nc4ccccc4-c4ccccc4)cc3C2=O)c1. The molecule has 1 aliphatic rings. The second kappa shape index (κ2) is 8.45. The molecule has 3 amide bonds. The van der Waals surface area contributed by atoms with Crippen LogP contribution >= 0.6 is 0 Å². The van der Waals surface area contributed by atoms with Gasteiger partial charge in [-0.1, -0.05) is 60.7 Å². The Kier molecular flexibility index (Phi) is 5.30. The van der Waals surface area contributed by atoms with Crippen molar-refractivity contribution >= 4 is 29.1 Å². The maximum Gasteiger partial charge on any atom is 0.266 e. The minimum absolute atomic E-state index is 0.231. The molecule has 0 saturated carbocycles. The molecule has 0 bridgehead atoms. The molecular formula is C29H22N2O3. The summed E-state index contributed by atoms with van der Waals surface area (Å²) in [5, 5.41) is 2.95. The van der Waals surface area contributed by atoms with E-state index >= 15 is 0 Å². The average Bonchev–Trinajstić information content (AvgIpc) is 3.10. The first-order chi connectivity index (χ1) is 16.4. The first-order valence-corrected chi connectivity index (χ1v) is 11.0. The fraction of sp³-hybridized carbons (Fsp3) is 0.0690. The number of nitrogens with zero attached hydrogens (tertiary/aromatic N) is 1. The highest BCUT2D eigenvalue weighted by atomic mass is 16.2. The normalized spacial score (nSPS) is 12.6. The summed E-state index contributed by atoms with van der Waals surface area (Å²) in [6.45, 7) is 3.78. The standard InChI is InChI=1S/C29H22N2O3/c1-18-12-13-19(2)26(16-18)31-28(33)23-15-14-21(17-24(23)29(31)34)27(32)30-25-11-7-6-10-22(25)20-8-4-3-5-9-20/h3-17H,1-2H3,(H,30,32). The summed E-state index contributed by atoms with van der Waals surface area (Å²) in [5.41, 5.74) is 5.73. The Bertz CT molecular complexity index is 1460. The lowest BCUT2D eigenvalue weighted by atomic mass is 10.0. The third-order valence-electron chi connectivity index (χ3n) is 6.01. The number of aryl methyl sites for hydroxylation is 2. The summed E-state index contributed by atoms with van der Waals surface area (Å²) in [7, 11) is 0. The molecule has 1 aliphatic heterocycles. The van der Waals surface area contributed by atoms with Crippen LogP contribution in [0.2, 0.25) is 0 Å². The minimum Gasteiger partial charge on any atom is -0.321 e. The first kappa shape index (κ1) is 21.3. The van der Waals surface area contributed by atoms with E-state index in [1.807, 2.05) is 86.6 Å².